The molecule has 146 heavy (non-hydrogen) atoms. The summed E-state index contributed by atoms with van der Waals surface area (Å²) in [5.74, 6) is -5.31. The van der Waals surface area contributed by atoms with Gasteiger partial charge in [0.25, 0.3) is 23.6 Å². The Bertz CT molecular complexity index is 5270. The minimum atomic E-state index is -1.03. The van der Waals surface area contributed by atoms with Gasteiger partial charge >= 0.3 is 11.9 Å². The number of amides is 10. The molecule has 0 aromatic heterocycles. The van der Waals surface area contributed by atoms with Crippen molar-refractivity contribution in [1.29, 1.82) is 0 Å². The van der Waals surface area contributed by atoms with Crippen LogP contribution in [-0.4, -0.2) is 119 Å². The van der Waals surface area contributed by atoms with Crippen molar-refractivity contribution in [1.82, 2.24) is 20.4 Å². The van der Waals surface area contributed by atoms with Gasteiger partial charge in [0.2, 0.25) is 35.4 Å². The van der Waals surface area contributed by atoms with Crippen molar-refractivity contribution in [2.45, 2.75) is 387 Å². The fourth-order valence-corrected chi connectivity index (χ4v) is 26.5. The minimum absolute atomic E-state index is 0.0706. The van der Waals surface area contributed by atoms with Crippen molar-refractivity contribution in [3.8, 4) is 0 Å². The molecule has 788 valence electrons. The number of nitrogens with zero attached hydrogens (tertiary/aromatic N) is 4. The van der Waals surface area contributed by atoms with E-state index in [0.29, 0.717) is 82.2 Å². The summed E-state index contributed by atoms with van der Waals surface area (Å²) in [5.41, 5.74) is 3.42. The summed E-state index contributed by atoms with van der Waals surface area (Å²) in [6.45, 7) is 9.27. The number of ether oxygens (including phenoxy) is 2. The predicted octanol–water partition coefficient (Wildman–Crippen LogP) is 29.5. The number of imide groups is 4. The third-order valence-corrected chi connectivity index (χ3v) is 34.6. The highest BCUT2D eigenvalue weighted by atomic mass is 35.5. The van der Waals surface area contributed by atoms with E-state index in [2.05, 4.69) is 62.6 Å². The molecule has 4 heterocycles. The van der Waals surface area contributed by atoms with E-state index in [1.165, 1.54) is 214 Å². The molecule has 4 fully saturated rings. The Morgan fingerprint density at radius 1 is 0.308 bits per heavy atom. The van der Waals surface area contributed by atoms with Crippen LogP contribution in [0.15, 0.2) is 97.1 Å². The van der Waals surface area contributed by atoms with E-state index in [4.69, 9.17) is 55.9 Å². The van der Waals surface area contributed by atoms with E-state index in [0.717, 1.165) is 111 Å². The highest BCUT2D eigenvalue weighted by Gasteiger charge is 2.61. The van der Waals surface area contributed by atoms with E-state index >= 15 is 19.2 Å². The van der Waals surface area contributed by atoms with Crippen LogP contribution in [-0.2, 0) is 60.7 Å². The second kappa shape index (κ2) is 54.6. The second-order valence-electron chi connectivity index (χ2n) is 43.9. The zero-order valence-electron chi connectivity index (χ0n) is 87.2. The molecule has 12 atom stereocenters. The smallest absolute Gasteiger partial charge is 0.328 e. The average Bonchev–Trinajstić information content (AvgIpc) is 0.822. The van der Waals surface area contributed by atoms with Gasteiger partial charge in [0.15, 0.2) is 0 Å². The first-order valence-corrected chi connectivity index (χ1v) is 58.5. The number of esters is 2. The lowest BCUT2D eigenvalue weighted by molar-refractivity contribution is -0.150. The number of aryl methyl sites for hydroxylation is 2. The van der Waals surface area contributed by atoms with Gasteiger partial charge in [-0.1, -0.05) is 354 Å². The summed E-state index contributed by atoms with van der Waals surface area (Å²) >= 11 is 30.1. The lowest BCUT2D eigenvalue weighted by atomic mass is 9.82. The van der Waals surface area contributed by atoms with Gasteiger partial charge in [0, 0.05) is 89.1 Å². The number of hydrogen-bond acceptors (Lipinski definition) is 14. The molecule has 4 aliphatic carbocycles. The Hall–Kier alpha value is -9.08. The first-order valence-electron chi connectivity index (χ1n) is 57.0. The molecule has 0 radical (unpaired) electrons. The van der Waals surface area contributed by atoms with Gasteiger partial charge < -0.3 is 20.1 Å². The molecule has 0 spiro atoms. The number of rotatable bonds is 68. The van der Waals surface area contributed by atoms with Crippen LogP contribution in [0.5, 0.6) is 0 Å². The normalized spacial score (nSPS) is 19.9. The molecule has 7 aromatic carbocycles. The first kappa shape index (κ1) is 111. The topological polar surface area (TPSA) is 260 Å². The minimum Gasteiger partial charge on any atom is -0.464 e. The van der Waals surface area contributed by atoms with Gasteiger partial charge in [-0.25, -0.2) is 9.59 Å². The van der Waals surface area contributed by atoms with E-state index in [1.54, 1.807) is 24.3 Å². The maximum atomic E-state index is 15.3. The summed E-state index contributed by atoms with van der Waals surface area (Å²) in [5, 5.41) is 8.92. The molecule has 4 unspecified atom stereocenters. The monoisotopic (exact) mass is 2070 g/mol. The van der Waals surface area contributed by atoms with Gasteiger partial charge in [-0.3, -0.25) is 67.5 Å². The third-order valence-electron chi connectivity index (χ3n) is 33.4. The number of halogens is 4. The van der Waals surface area contributed by atoms with Gasteiger partial charge in [-0.15, -0.1) is 0 Å². The number of benzene rings is 7. The van der Waals surface area contributed by atoms with E-state index in [-0.39, 0.29) is 213 Å². The highest BCUT2D eigenvalue weighted by Crippen LogP contribution is 2.57. The number of unbranched alkanes of at least 4 members (excludes halogenated alkanes) is 34. The Balaban J connectivity index is 0.607. The van der Waals surface area contributed by atoms with Crippen molar-refractivity contribution in [2.24, 2.45) is 59.2 Å². The molecular formula is C122H158Cl4N6O14. The molecule has 4 bridgehead atoms. The average molecular weight is 2070 g/mol. The van der Waals surface area contributed by atoms with Crippen molar-refractivity contribution in [3.05, 3.63) is 151 Å². The molecule has 2 saturated carbocycles. The Labute approximate surface area is 885 Å². The quantitative estimate of drug-likeness (QED) is 0.00897. The van der Waals surface area contributed by atoms with Crippen LogP contribution in [0.3, 0.4) is 0 Å². The molecule has 4 aliphatic heterocycles. The summed E-state index contributed by atoms with van der Waals surface area (Å²) < 4.78 is 12.6. The third kappa shape index (κ3) is 26.7. The van der Waals surface area contributed by atoms with Gasteiger partial charge in [-0.05, 0) is 198 Å². The van der Waals surface area contributed by atoms with Gasteiger partial charge in [-0.2, -0.15) is 0 Å². The first-order chi connectivity index (χ1) is 71.0. The summed E-state index contributed by atoms with van der Waals surface area (Å²) in [6, 6.07) is 18.8. The number of hydrogen-bond donors (Lipinski definition) is 2. The summed E-state index contributed by atoms with van der Waals surface area (Å²) in [6.07, 6.45) is 60.7. The van der Waals surface area contributed by atoms with Crippen LogP contribution in [0.4, 0.5) is 11.4 Å². The number of carbonyl (C=O) groups is 12. The van der Waals surface area contributed by atoms with E-state index < -0.39 is 47.7 Å². The van der Waals surface area contributed by atoms with Crippen molar-refractivity contribution in [3.63, 3.8) is 0 Å². The molecule has 7 aromatic rings. The number of carbonyl (C=O) groups excluding carboxylic acids is 12. The van der Waals surface area contributed by atoms with Crippen LogP contribution in [0.1, 0.15) is 414 Å². The van der Waals surface area contributed by atoms with E-state index in [9.17, 15) is 38.4 Å². The summed E-state index contributed by atoms with van der Waals surface area (Å²) in [7, 11) is 0. The van der Waals surface area contributed by atoms with Crippen molar-refractivity contribution >= 4 is 172 Å². The van der Waals surface area contributed by atoms with Crippen LogP contribution < -0.4 is 20.4 Å². The van der Waals surface area contributed by atoms with Crippen LogP contribution >= 0.6 is 46.4 Å². The largest absolute Gasteiger partial charge is 0.464 e. The lowest BCUT2D eigenvalue weighted by Crippen LogP contribution is -2.43. The molecule has 10 amide bonds. The lowest BCUT2D eigenvalue weighted by Gasteiger charge is -2.31. The number of nitrogens with one attached hydrogen (secondary N) is 2. The fourth-order valence-electron chi connectivity index (χ4n) is 25.3. The molecule has 8 aliphatic rings. The van der Waals surface area contributed by atoms with Gasteiger partial charge in [0.05, 0.1) is 70.5 Å². The summed E-state index contributed by atoms with van der Waals surface area (Å²) in [4.78, 5) is 178. The maximum absolute atomic E-state index is 15.3. The predicted molar refractivity (Wildman–Crippen MR) is 585 cm³/mol. The Morgan fingerprint density at radius 2 is 0.555 bits per heavy atom. The molecule has 15 rings (SSSR count). The SMILES string of the molecule is CCCCCCCCCCCCC(CCCCCCCCCC)COC(=O)C(CCCCN1C(=O)c2cc(Cl)c3c4c(Cl)cc5c6c(cc(Cl)c(c7c(Cl)cc(c2c37)C1=O)c64)C(=O)N(CCCCC(NC(=O)CCCc1ccc(N2C(=O)[C@@H]3[C@H](C2=O)[C@H]2C=C[C@@H]3C2)cc1)C(=O)OCC(CCCCCCCCCC)CCCCCCCCCCCC)C5=O)NC(=O)CCCc1ccc(N2C(=O)[C@@H]3[C@H](C2=O)[C@H]2C=C[C@@H]3C2)cc1. The zero-order chi connectivity index (χ0) is 103. The molecule has 20 nitrogen and oxygen atoms in total. The van der Waals surface area contributed by atoms with Crippen molar-refractivity contribution < 1.29 is 67.0 Å². The van der Waals surface area contributed by atoms with E-state index in [1.807, 2.05) is 24.3 Å². The van der Waals surface area contributed by atoms with Crippen molar-refractivity contribution in [2.75, 3.05) is 36.1 Å². The standard InChI is InChI=1S/C122H158Cl4N6O14/c1-5-9-13-17-21-25-27-31-35-39-49-81(47-37-33-29-23-19-15-11-7-3)77-145-121(143)97(127-99(133)55-45-51-79-57-65-87(66-58-79)131-117(139)101-83-61-62-84(71-83)102(101)118(131)140)53-41-43-69-129-113(135)89-73-93(123)107-109-95(125)75-91-106-92(76-96(126)110(112(106)109)108-94(124)74-90(114(129)136)105(89)111(107)108)116(138)130(115(91)137)70-44-42-54-98(122(144)146-78-82(48-38-34-30-24-20-16-12-8-4)50-40-36-32-28-26-22-18-14-10-6-2)128-100(134)56-46-52-80-59-67-88(68-60-80)132-119(141)103-85-63-64-86(72-85)104(103)120(132)142/h57-68,73-76,81-86,97-98,101-104H,5-56,69-72,77-78H2,1-4H3,(H,127,133)(H,128,134)/t81?,82?,83-,84+,85-,86+,97?,98?,101+,102-,103+,104-. The van der Waals surface area contributed by atoms with Gasteiger partial charge in [0.1, 0.15) is 12.1 Å². The molecule has 2 saturated heterocycles. The Kier molecular flexibility index (Phi) is 41.5. The Morgan fingerprint density at radius 3 is 0.815 bits per heavy atom. The fraction of sp³-hybridized carbons (Fsp3) is 0.607. The second-order valence-corrected chi connectivity index (χ2v) is 45.5. The molecule has 24 heteroatoms. The van der Waals surface area contributed by atoms with Crippen LogP contribution in [0.2, 0.25) is 20.1 Å². The molecule has 2 N–H and O–H groups in total. The van der Waals surface area contributed by atoms with Crippen LogP contribution in [0, 0.1) is 59.2 Å². The number of fused-ring (bicyclic) bond motifs is 12. The number of anilines is 2. The molecular weight excluding hydrogens is 1920 g/mol. The highest BCUT2D eigenvalue weighted by molar-refractivity contribution is 6.56. The van der Waals surface area contributed by atoms with Crippen LogP contribution in [0.25, 0.3) is 43.1 Å². The number of allylic oxidation sites excluding steroid dienone is 4. The zero-order valence-corrected chi connectivity index (χ0v) is 90.2. The maximum Gasteiger partial charge on any atom is 0.328 e.